The molecule has 1 atom stereocenters. The Morgan fingerprint density at radius 3 is 2.70 bits per heavy atom. The van der Waals surface area contributed by atoms with Crippen LogP contribution in [-0.2, 0) is 16.0 Å². The Morgan fingerprint density at radius 2 is 2.05 bits per heavy atom. The van der Waals surface area contributed by atoms with E-state index in [1.807, 2.05) is 29.2 Å². The monoisotopic (exact) mass is 276 g/mol. The van der Waals surface area contributed by atoms with Gasteiger partial charge in [0.05, 0.1) is 0 Å². The van der Waals surface area contributed by atoms with Crippen LogP contribution >= 0.6 is 0 Å². The van der Waals surface area contributed by atoms with Crippen LogP contribution in [0.3, 0.4) is 0 Å². The number of benzene rings is 1. The summed E-state index contributed by atoms with van der Waals surface area (Å²) in [5.41, 5.74) is 2.05. The summed E-state index contributed by atoms with van der Waals surface area (Å²) >= 11 is 0. The molecule has 1 heterocycles. The van der Waals surface area contributed by atoms with E-state index in [4.69, 9.17) is 0 Å². The summed E-state index contributed by atoms with van der Waals surface area (Å²) < 4.78 is 0. The van der Waals surface area contributed by atoms with E-state index >= 15 is 0 Å². The van der Waals surface area contributed by atoms with Gasteiger partial charge in [-0.15, -0.1) is 0 Å². The number of para-hydroxylation sites is 1. The maximum Gasteiger partial charge on any atom is 0.326 e. The first-order chi connectivity index (χ1) is 9.50. The molecular formula is C15H20N2O3. The molecule has 0 aliphatic carbocycles. The number of aliphatic carboxylic acids is 1. The highest BCUT2D eigenvalue weighted by Crippen LogP contribution is 2.32. The summed E-state index contributed by atoms with van der Waals surface area (Å²) in [6.07, 6.45) is 1.64. The van der Waals surface area contributed by atoms with Crippen LogP contribution < -0.4 is 4.90 Å². The molecule has 108 valence electrons. The predicted molar refractivity (Wildman–Crippen MR) is 76.8 cm³/mol. The van der Waals surface area contributed by atoms with Gasteiger partial charge < -0.3 is 14.9 Å². The SMILES string of the molecule is CN(C)C(=O)CCCN1c2ccccc2CC1C(=O)O. The molecule has 5 heteroatoms. The molecule has 0 spiro atoms. The number of carbonyl (C=O) groups excluding carboxylic acids is 1. The van der Waals surface area contributed by atoms with Gasteiger partial charge in [0.2, 0.25) is 5.91 Å². The summed E-state index contributed by atoms with van der Waals surface area (Å²) in [6.45, 7) is 0.591. The lowest BCUT2D eigenvalue weighted by Gasteiger charge is -2.24. The Balaban J connectivity index is 2.04. The molecule has 0 aromatic heterocycles. The molecule has 1 aliphatic rings. The van der Waals surface area contributed by atoms with Crippen LogP contribution in [0, 0.1) is 0 Å². The molecule has 5 nitrogen and oxygen atoms in total. The van der Waals surface area contributed by atoms with Crippen molar-refractivity contribution in [3.63, 3.8) is 0 Å². The van der Waals surface area contributed by atoms with Gasteiger partial charge in [0.15, 0.2) is 0 Å². The first-order valence-corrected chi connectivity index (χ1v) is 6.78. The first-order valence-electron chi connectivity index (χ1n) is 6.78. The zero-order chi connectivity index (χ0) is 14.7. The number of rotatable bonds is 5. The number of hydrogen-bond acceptors (Lipinski definition) is 3. The van der Waals surface area contributed by atoms with Gasteiger partial charge >= 0.3 is 5.97 Å². The molecule has 1 aromatic carbocycles. The maximum absolute atomic E-state index is 11.6. The Hall–Kier alpha value is -2.04. The molecule has 0 saturated heterocycles. The maximum atomic E-state index is 11.6. The Morgan fingerprint density at radius 1 is 1.35 bits per heavy atom. The minimum absolute atomic E-state index is 0.0735. The molecule has 1 N–H and O–H groups in total. The second-order valence-electron chi connectivity index (χ2n) is 5.27. The molecule has 1 aliphatic heterocycles. The fraction of sp³-hybridized carbons (Fsp3) is 0.467. The molecule has 0 fully saturated rings. The van der Waals surface area contributed by atoms with Crippen molar-refractivity contribution in [3.8, 4) is 0 Å². The third kappa shape index (κ3) is 2.92. The fourth-order valence-electron chi connectivity index (χ4n) is 2.57. The van der Waals surface area contributed by atoms with Crippen LogP contribution in [0.15, 0.2) is 24.3 Å². The first kappa shape index (κ1) is 14.4. The zero-order valence-electron chi connectivity index (χ0n) is 11.9. The number of hydrogen-bond donors (Lipinski definition) is 1. The second-order valence-corrected chi connectivity index (χ2v) is 5.27. The fourth-order valence-corrected chi connectivity index (χ4v) is 2.57. The largest absolute Gasteiger partial charge is 0.480 e. The molecule has 1 amide bonds. The van der Waals surface area contributed by atoms with E-state index in [1.54, 1.807) is 19.0 Å². The van der Waals surface area contributed by atoms with E-state index in [9.17, 15) is 14.7 Å². The molecule has 0 bridgehead atoms. The highest BCUT2D eigenvalue weighted by molar-refractivity contribution is 5.82. The van der Waals surface area contributed by atoms with Crippen molar-refractivity contribution in [2.45, 2.75) is 25.3 Å². The van der Waals surface area contributed by atoms with E-state index in [2.05, 4.69) is 0 Å². The molecule has 20 heavy (non-hydrogen) atoms. The third-order valence-corrected chi connectivity index (χ3v) is 3.66. The highest BCUT2D eigenvalue weighted by Gasteiger charge is 2.33. The van der Waals surface area contributed by atoms with Crippen LogP contribution in [-0.4, -0.2) is 48.6 Å². The third-order valence-electron chi connectivity index (χ3n) is 3.66. The van der Waals surface area contributed by atoms with Crippen molar-refractivity contribution in [1.29, 1.82) is 0 Å². The van der Waals surface area contributed by atoms with Crippen LogP contribution in [0.5, 0.6) is 0 Å². The van der Waals surface area contributed by atoms with Crippen molar-refractivity contribution < 1.29 is 14.7 Å². The average Bonchev–Trinajstić information content (AvgIpc) is 2.78. The number of carboxylic acids is 1. The number of anilines is 1. The summed E-state index contributed by atoms with van der Waals surface area (Å²) in [7, 11) is 3.46. The van der Waals surface area contributed by atoms with Crippen LogP contribution in [0.1, 0.15) is 18.4 Å². The van der Waals surface area contributed by atoms with Gasteiger partial charge in [0.25, 0.3) is 0 Å². The average molecular weight is 276 g/mol. The van der Waals surface area contributed by atoms with Gasteiger partial charge in [-0.05, 0) is 18.1 Å². The molecule has 0 radical (unpaired) electrons. The Bertz CT molecular complexity index is 514. The number of carbonyl (C=O) groups is 2. The number of amides is 1. The highest BCUT2D eigenvalue weighted by atomic mass is 16.4. The summed E-state index contributed by atoms with van der Waals surface area (Å²) in [5.74, 6) is -0.732. The van der Waals surface area contributed by atoms with Gasteiger partial charge in [0, 0.05) is 39.2 Å². The van der Waals surface area contributed by atoms with Crippen molar-refractivity contribution in [2.24, 2.45) is 0 Å². The smallest absolute Gasteiger partial charge is 0.326 e. The standard InChI is InChI=1S/C15H20N2O3/c1-16(2)14(18)8-5-9-17-12-7-4-3-6-11(12)10-13(17)15(19)20/h3-4,6-7,13H,5,8-10H2,1-2H3,(H,19,20). The van der Waals surface area contributed by atoms with Crippen LogP contribution in [0.25, 0.3) is 0 Å². The lowest BCUT2D eigenvalue weighted by molar-refractivity contribution is -0.138. The minimum Gasteiger partial charge on any atom is -0.480 e. The minimum atomic E-state index is -0.805. The Labute approximate surface area is 118 Å². The van der Waals surface area contributed by atoms with Crippen LogP contribution in [0.4, 0.5) is 5.69 Å². The quantitative estimate of drug-likeness (QED) is 0.882. The lowest BCUT2D eigenvalue weighted by atomic mass is 10.1. The topological polar surface area (TPSA) is 60.9 Å². The normalized spacial score (nSPS) is 16.9. The lowest BCUT2D eigenvalue weighted by Crippen LogP contribution is -2.39. The van der Waals surface area contributed by atoms with E-state index in [1.165, 1.54) is 0 Å². The number of nitrogens with zero attached hydrogens (tertiary/aromatic N) is 2. The van der Waals surface area contributed by atoms with Crippen molar-refractivity contribution in [2.75, 3.05) is 25.5 Å². The van der Waals surface area contributed by atoms with Gasteiger partial charge in [-0.1, -0.05) is 18.2 Å². The van der Waals surface area contributed by atoms with Crippen molar-refractivity contribution in [3.05, 3.63) is 29.8 Å². The summed E-state index contributed by atoms with van der Waals surface area (Å²) in [4.78, 5) is 26.4. The predicted octanol–water partition coefficient (Wildman–Crippen LogP) is 1.37. The summed E-state index contributed by atoms with van der Waals surface area (Å²) in [6, 6.07) is 7.25. The number of fused-ring (bicyclic) bond motifs is 1. The van der Waals surface area contributed by atoms with E-state index in [-0.39, 0.29) is 5.91 Å². The molecule has 2 rings (SSSR count). The van der Waals surface area contributed by atoms with Crippen molar-refractivity contribution in [1.82, 2.24) is 4.90 Å². The van der Waals surface area contributed by atoms with Gasteiger partial charge in [-0.25, -0.2) is 4.79 Å². The van der Waals surface area contributed by atoms with Gasteiger partial charge in [-0.2, -0.15) is 0 Å². The van der Waals surface area contributed by atoms with Gasteiger partial charge in [-0.3, -0.25) is 4.79 Å². The van der Waals surface area contributed by atoms with E-state index in [0.29, 0.717) is 25.8 Å². The van der Waals surface area contributed by atoms with Crippen LogP contribution in [0.2, 0.25) is 0 Å². The Kier molecular flexibility index (Phi) is 4.27. The number of carboxylic acid groups (broad SMARTS) is 1. The second kappa shape index (κ2) is 5.94. The van der Waals surface area contributed by atoms with Crippen molar-refractivity contribution >= 4 is 17.6 Å². The van der Waals surface area contributed by atoms with E-state index < -0.39 is 12.0 Å². The molecule has 0 saturated carbocycles. The molecule has 1 aromatic rings. The molecular weight excluding hydrogens is 256 g/mol. The van der Waals surface area contributed by atoms with Gasteiger partial charge in [0.1, 0.15) is 6.04 Å². The van der Waals surface area contributed by atoms with E-state index in [0.717, 1.165) is 11.3 Å². The zero-order valence-corrected chi connectivity index (χ0v) is 11.9. The summed E-state index contributed by atoms with van der Waals surface area (Å²) in [5, 5.41) is 9.34. The molecule has 1 unspecified atom stereocenters.